The maximum absolute atomic E-state index is 13.3. The number of hydrogen-bond donors (Lipinski definition) is 2. The Hall–Kier alpha value is -3.15. The Labute approximate surface area is 201 Å². The fraction of sp³-hybridized carbons (Fsp3) is 0.345. The maximum atomic E-state index is 13.3. The van der Waals surface area contributed by atoms with Gasteiger partial charge in [-0.3, -0.25) is 4.79 Å². The fourth-order valence-corrected chi connectivity index (χ4v) is 4.97. The number of carbonyl (C=O) groups is 1. The van der Waals surface area contributed by atoms with Gasteiger partial charge in [0.05, 0.1) is 7.11 Å². The third-order valence-corrected chi connectivity index (χ3v) is 6.98. The molecule has 0 radical (unpaired) electrons. The number of Topliss-reactive ketones (excluding diaryl/α,β-unsaturated/α-hetero) is 1. The van der Waals surface area contributed by atoms with Crippen molar-refractivity contribution in [3.63, 3.8) is 0 Å². The van der Waals surface area contributed by atoms with Gasteiger partial charge in [0.25, 0.3) is 0 Å². The molecule has 2 N–H and O–H groups in total. The minimum absolute atomic E-state index is 0.166. The van der Waals surface area contributed by atoms with Crippen LogP contribution in [0.5, 0.6) is 5.75 Å². The lowest BCUT2D eigenvalue weighted by Crippen LogP contribution is -2.51. The lowest BCUT2D eigenvalue weighted by atomic mass is 9.75. The standard InChI is InChI=1S/C29H32O5/c1-16(2)20-7-12-23-17(3)14-24(26(23)18(4)13-20)29(21-8-10-22(33-6)11-9-21)28(32)27(31)19(5)25(15-30)34-29/h7-14,16,28,30,32H,15H2,1-6H3. The van der Waals surface area contributed by atoms with Crippen LogP contribution in [0, 0.1) is 13.8 Å². The molecule has 0 amide bonds. The lowest BCUT2D eigenvalue weighted by molar-refractivity contribution is -0.146. The Balaban J connectivity index is 2.09. The Bertz CT molecular complexity index is 1240. The average Bonchev–Trinajstić information content (AvgIpc) is 3.05. The SMILES string of the molecule is COc1ccc(C2(c3cc(C)c4ccc(C(C)C)cc(C)c3-4)OC(CO)=C(C)C(=O)C2O)cc1. The summed E-state index contributed by atoms with van der Waals surface area (Å²) in [5, 5.41) is 21.6. The van der Waals surface area contributed by atoms with E-state index in [-0.39, 0.29) is 11.3 Å². The Morgan fingerprint density at radius 3 is 2.29 bits per heavy atom. The molecule has 2 atom stereocenters. The second-order valence-corrected chi connectivity index (χ2v) is 9.38. The molecule has 0 spiro atoms. The number of carbonyl (C=O) groups excluding carboxylic acids is 1. The van der Waals surface area contributed by atoms with Crippen LogP contribution >= 0.6 is 0 Å². The Morgan fingerprint density at radius 2 is 1.71 bits per heavy atom. The summed E-state index contributed by atoms with van der Waals surface area (Å²) in [6.45, 7) is 9.50. The average molecular weight is 461 g/mol. The van der Waals surface area contributed by atoms with E-state index in [9.17, 15) is 15.0 Å². The van der Waals surface area contributed by atoms with Gasteiger partial charge in [0.1, 0.15) is 18.1 Å². The van der Waals surface area contributed by atoms with Crippen molar-refractivity contribution in [2.75, 3.05) is 13.7 Å². The van der Waals surface area contributed by atoms with Crippen molar-refractivity contribution in [2.45, 2.75) is 52.2 Å². The summed E-state index contributed by atoms with van der Waals surface area (Å²) in [5.41, 5.74) is 5.23. The molecule has 5 nitrogen and oxygen atoms in total. The Morgan fingerprint density at radius 1 is 1.03 bits per heavy atom. The number of hydrogen-bond acceptors (Lipinski definition) is 5. The summed E-state index contributed by atoms with van der Waals surface area (Å²) in [4.78, 5) is 13.3. The minimum Gasteiger partial charge on any atom is -0.497 e. The van der Waals surface area contributed by atoms with Crippen molar-refractivity contribution in [3.8, 4) is 16.9 Å². The molecule has 0 aromatic heterocycles. The monoisotopic (exact) mass is 460 g/mol. The zero-order chi connectivity index (χ0) is 24.8. The third kappa shape index (κ3) is 3.60. The molecule has 178 valence electrons. The minimum atomic E-state index is -1.52. The first kappa shape index (κ1) is 24.0. The molecule has 3 aliphatic rings. The molecule has 1 aromatic carbocycles. The predicted octanol–water partition coefficient (Wildman–Crippen LogP) is 5.01. The second kappa shape index (κ2) is 8.90. The topological polar surface area (TPSA) is 76.0 Å². The molecule has 0 fully saturated rings. The number of ether oxygens (including phenoxy) is 2. The first-order valence-electron chi connectivity index (χ1n) is 11.6. The number of aliphatic hydroxyl groups excluding tert-OH is 2. The lowest BCUT2D eigenvalue weighted by Gasteiger charge is -2.43. The summed E-state index contributed by atoms with van der Waals surface area (Å²) in [6.07, 6.45) is -1.49. The number of ketones is 1. The largest absolute Gasteiger partial charge is 0.497 e. The van der Waals surface area contributed by atoms with Gasteiger partial charge in [0, 0.05) is 16.7 Å². The number of benzene rings is 1. The van der Waals surface area contributed by atoms with Gasteiger partial charge in [0.2, 0.25) is 0 Å². The van der Waals surface area contributed by atoms with E-state index in [1.54, 1.807) is 38.3 Å². The summed E-state index contributed by atoms with van der Waals surface area (Å²) < 4.78 is 11.8. The predicted molar refractivity (Wildman–Crippen MR) is 132 cm³/mol. The van der Waals surface area contributed by atoms with E-state index in [1.165, 1.54) is 5.56 Å². The quantitative estimate of drug-likeness (QED) is 0.560. The van der Waals surface area contributed by atoms with Crippen LogP contribution in [0.2, 0.25) is 0 Å². The smallest absolute Gasteiger partial charge is 0.195 e. The second-order valence-electron chi connectivity index (χ2n) is 9.38. The van der Waals surface area contributed by atoms with Crippen LogP contribution in [-0.4, -0.2) is 35.8 Å². The van der Waals surface area contributed by atoms with Gasteiger partial charge in [-0.2, -0.15) is 0 Å². The van der Waals surface area contributed by atoms with Gasteiger partial charge in [-0.05, 0) is 66.6 Å². The van der Waals surface area contributed by atoms with Gasteiger partial charge >= 0.3 is 0 Å². The van der Waals surface area contributed by atoms with Crippen LogP contribution in [0.3, 0.4) is 0 Å². The third-order valence-electron chi connectivity index (χ3n) is 6.98. The van der Waals surface area contributed by atoms with Crippen LogP contribution in [0.25, 0.3) is 11.1 Å². The first-order valence-corrected chi connectivity index (χ1v) is 11.6. The maximum Gasteiger partial charge on any atom is 0.195 e. The molecule has 5 heteroatoms. The number of fused-ring (bicyclic) bond motifs is 1. The highest BCUT2D eigenvalue weighted by Crippen LogP contribution is 2.50. The van der Waals surface area contributed by atoms with Crippen LogP contribution < -0.4 is 4.74 Å². The van der Waals surface area contributed by atoms with Crippen molar-refractivity contribution in [1.82, 2.24) is 0 Å². The zero-order valence-electron chi connectivity index (χ0n) is 20.6. The van der Waals surface area contributed by atoms with Gasteiger partial charge in [-0.25, -0.2) is 0 Å². The van der Waals surface area contributed by atoms with Crippen molar-refractivity contribution in [2.24, 2.45) is 0 Å². The van der Waals surface area contributed by atoms with Gasteiger partial charge < -0.3 is 19.7 Å². The highest BCUT2D eigenvalue weighted by Gasteiger charge is 2.53. The number of aryl methyl sites for hydroxylation is 2. The van der Waals surface area contributed by atoms with E-state index >= 15 is 0 Å². The van der Waals surface area contributed by atoms with Crippen molar-refractivity contribution < 1.29 is 24.5 Å². The van der Waals surface area contributed by atoms with E-state index in [2.05, 4.69) is 32.0 Å². The molecule has 2 aliphatic carbocycles. The normalized spacial score (nSPS) is 20.7. The zero-order valence-corrected chi connectivity index (χ0v) is 20.6. The van der Waals surface area contributed by atoms with E-state index in [1.807, 2.05) is 19.9 Å². The van der Waals surface area contributed by atoms with E-state index in [0.29, 0.717) is 22.8 Å². The van der Waals surface area contributed by atoms with Crippen molar-refractivity contribution in [1.29, 1.82) is 0 Å². The summed E-state index contributed by atoms with van der Waals surface area (Å²) in [5.74, 6) is 0.703. The van der Waals surface area contributed by atoms with Gasteiger partial charge in [0.15, 0.2) is 17.5 Å². The molecule has 1 aliphatic heterocycles. The van der Waals surface area contributed by atoms with Crippen LogP contribution in [0.15, 0.2) is 59.9 Å². The highest BCUT2D eigenvalue weighted by atomic mass is 16.5. The van der Waals surface area contributed by atoms with Crippen molar-refractivity contribution in [3.05, 3.63) is 87.7 Å². The molecular formula is C29H32O5. The van der Waals surface area contributed by atoms with E-state index < -0.39 is 24.1 Å². The first-order chi connectivity index (χ1) is 16.1. The number of aliphatic hydroxyl groups is 2. The number of methoxy groups -OCH3 is 1. The molecule has 0 saturated carbocycles. The summed E-state index contributed by atoms with van der Waals surface area (Å²) >= 11 is 0. The molecule has 2 unspecified atom stereocenters. The summed E-state index contributed by atoms with van der Waals surface area (Å²) in [6, 6.07) is 15.5. The molecular weight excluding hydrogens is 428 g/mol. The summed E-state index contributed by atoms with van der Waals surface area (Å²) in [7, 11) is 1.58. The Kier molecular flexibility index (Phi) is 6.28. The highest BCUT2D eigenvalue weighted by molar-refractivity contribution is 6.01. The fourth-order valence-electron chi connectivity index (χ4n) is 4.97. The van der Waals surface area contributed by atoms with E-state index in [0.717, 1.165) is 22.3 Å². The van der Waals surface area contributed by atoms with Crippen LogP contribution in [0.4, 0.5) is 0 Å². The molecule has 1 heterocycles. The van der Waals surface area contributed by atoms with E-state index in [4.69, 9.17) is 9.47 Å². The molecule has 34 heavy (non-hydrogen) atoms. The van der Waals surface area contributed by atoms with Gasteiger partial charge in [-0.1, -0.05) is 50.2 Å². The number of rotatable bonds is 5. The molecule has 4 rings (SSSR count). The molecule has 0 saturated heterocycles. The molecule has 1 aromatic rings. The van der Waals surface area contributed by atoms with Crippen LogP contribution in [0.1, 0.15) is 54.5 Å². The van der Waals surface area contributed by atoms with Crippen molar-refractivity contribution >= 4 is 5.78 Å². The molecule has 0 bridgehead atoms. The van der Waals surface area contributed by atoms with Crippen LogP contribution in [-0.2, 0) is 15.1 Å². The van der Waals surface area contributed by atoms with Gasteiger partial charge in [-0.15, -0.1) is 0 Å².